The fourth-order valence-corrected chi connectivity index (χ4v) is 1.55. The molecular formula is C14H18BrNO. The summed E-state index contributed by atoms with van der Waals surface area (Å²) in [6.07, 6.45) is 0.952. The monoisotopic (exact) mass is 295 g/mol. The van der Waals surface area contributed by atoms with E-state index in [9.17, 15) is 0 Å². The first-order valence-corrected chi connectivity index (χ1v) is 6.44. The maximum atomic E-state index is 5.72. The van der Waals surface area contributed by atoms with Gasteiger partial charge in [0.25, 0.3) is 4.81 Å². The largest absolute Gasteiger partial charge is 0.433 e. The molecule has 0 N–H and O–H groups in total. The van der Waals surface area contributed by atoms with Crippen molar-refractivity contribution in [2.75, 3.05) is 7.05 Å². The third-order valence-electron chi connectivity index (χ3n) is 2.59. The van der Waals surface area contributed by atoms with E-state index in [-0.39, 0.29) is 0 Å². The minimum Gasteiger partial charge on any atom is -0.433 e. The fraction of sp³-hybridized carbons (Fsp3) is 0.357. The second kappa shape index (κ2) is 6.60. The molecule has 0 spiro atoms. The molecule has 0 saturated carbocycles. The van der Waals surface area contributed by atoms with E-state index in [0.717, 1.165) is 17.7 Å². The number of hydrogen-bond acceptors (Lipinski definition) is 2. The Morgan fingerprint density at radius 2 is 1.88 bits per heavy atom. The second-order valence-corrected chi connectivity index (χ2v) is 4.59. The summed E-state index contributed by atoms with van der Waals surface area (Å²) < 4.78 is 5.72. The molecule has 0 saturated heterocycles. The van der Waals surface area contributed by atoms with Gasteiger partial charge in [-0.05, 0) is 25.8 Å². The molecule has 2 nitrogen and oxygen atoms in total. The van der Waals surface area contributed by atoms with Crippen LogP contribution in [0.5, 0.6) is 0 Å². The lowest BCUT2D eigenvalue weighted by atomic mass is 10.1. The number of hydrogen-bond donors (Lipinski definition) is 0. The van der Waals surface area contributed by atoms with Gasteiger partial charge in [-0.15, -0.1) is 0 Å². The van der Waals surface area contributed by atoms with Gasteiger partial charge in [-0.3, -0.25) is 0 Å². The zero-order valence-electron chi connectivity index (χ0n) is 10.7. The second-order valence-electron chi connectivity index (χ2n) is 3.91. The van der Waals surface area contributed by atoms with Crippen LogP contribution in [0.15, 0.2) is 34.8 Å². The van der Waals surface area contributed by atoms with Crippen LogP contribution in [0.3, 0.4) is 0 Å². The summed E-state index contributed by atoms with van der Waals surface area (Å²) >= 11 is 3.28. The predicted octanol–water partition coefficient (Wildman–Crippen LogP) is 4.53. The van der Waals surface area contributed by atoms with Gasteiger partial charge in [0, 0.05) is 28.5 Å². The van der Waals surface area contributed by atoms with Gasteiger partial charge in [0.2, 0.25) is 0 Å². The highest BCUT2D eigenvalue weighted by atomic mass is 79.9. The molecule has 0 amide bonds. The number of nitrogens with zero attached hydrogens (tertiary/aromatic N) is 1. The van der Waals surface area contributed by atoms with Crippen LogP contribution in [0.25, 0.3) is 5.76 Å². The van der Waals surface area contributed by atoms with Crippen molar-refractivity contribution < 1.29 is 4.74 Å². The highest BCUT2D eigenvalue weighted by Gasteiger charge is 2.08. The molecule has 0 heterocycles. The maximum Gasteiger partial charge on any atom is 0.259 e. The van der Waals surface area contributed by atoms with Crippen LogP contribution < -0.4 is 0 Å². The van der Waals surface area contributed by atoms with E-state index in [4.69, 9.17) is 4.74 Å². The molecule has 1 rings (SSSR count). The first-order chi connectivity index (χ1) is 8.08. The average Bonchev–Trinajstić information content (AvgIpc) is 2.36. The van der Waals surface area contributed by atoms with Crippen LogP contribution in [-0.4, -0.2) is 11.9 Å². The van der Waals surface area contributed by atoms with Crippen LogP contribution in [-0.2, 0) is 4.74 Å². The molecule has 3 heteroatoms. The zero-order valence-corrected chi connectivity index (χ0v) is 12.3. The van der Waals surface area contributed by atoms with E-state index < -0.39 is 0 Å². The Bertz CT molecular complexity index is 432. The summed E-state index contributed by atoms with van der Waals surface area (Å²) in [4.78, 5) is 4.47. The van der Waals surface area contributed by atoms with E-state index in [0.29, 0.717) is 4.81 Å². The molecule has 0 unspecified atom stereocenters. The van der Waals surface area contributed by atoms with Crippen molar-refractivity contribution in [2.24, 2.45) is 4.99 Å². The Kier molecular flexibility index (Phi) is 5.42. The minimum atomic E-state index is 0.501. The lowest BCUT2D eigenvalue weighted by molar-refractivity contribution is 0.516. The van der Waals surface area contributed by atoms with Crippen LogP contribution in [0.4, 0.5) is 0 Å². The van der Waals surface area contributed by atoms with Gasteiger partial charge < -0.3 is 4.74 Å². The molecule has 17 heavy (non-hydrogen) atoms. The molecule has 1 aromatic rings. The summed E-state index contributed by atoms with van der Waals surface area (Å²) in [5, 5.41) is 0. The molecular weight excluding hydrogens is 278 g/mol. The standard InChI is InChI=1S/C14H18BrNO/c1-5-11(3)13(17-14(15)16-4)12-8-6-10(2)7-9-12/h6-9H,5H2,1-4H3. The maximum absolute atomic E-state index is 5.72. The molecule has 0 aliphatic carbocycles. The molecule has 0 aliphatic rings. The van der Waals surface area contributed by atoms with Gasteiger partial charge in [-0.25, -0.2) is 4.99 Å². The summed E-state index contributed by atoms with van der Waals surface area (Å²) in [5.41, 5.74) is 3.52. The summed E-state index contributed by atoms with van der Waals surface area (Å²) in [5.74, 6) is 0.880. The highest BCUT2D eigenvalue weighted by molar-refractivity contribution is 9.18. The number of halogens is 1. The smallest absolute Gasteiger partial charge is 0.259 e. The highest BCUT2D eigenvalue weighted by Crippen LogP contribution is 2.23. The van der Waals surface area contributed by atoms with Gasteiger partial charge in [-0.2, -0.15) is 0 Å². The van der Waals surface area contributed by atoms with Gasteiger partial charge in [0.05, 0.1) is 0 Å². The van der Waals surface area contributed by atoms with Gasteiger partial charge >= 0.3 is 0 Å². The number of allylic oxidation sites excluding steroid dienone is 1. The van der Waals surface area contributed by atoms with Crippen molar-refractivity contribution >= 4 is 26.5 Å². The lowest BCUT2D eigenvalue weighted by Gasteiger charge is -2.12. The number of aliphatic imine (C=N–C) groups is 1. The number of ether oxygens (including phenoxy) is 1. The van der Waals surface area contributed by atoms with Gasteiger partial charge in [0.1, 0.15) is 5.76 Å². The zero-order chi connectivity index (χ0) is 12.8. The van der Waals surface area contributed by atoms with Crippen molar-refractivity contribution in [2.45, 2.75) is 27.2 Å². The van der Waals surface area contributed by atoms with Crippen LogP contribution in [0.2, 0.25) is 0 Å². The molecule has 0 bridgehead atoms. The Morgan fingerprint density at radius 3 is 2.35 bits per heavy atom. The van der Waals surface area contributed by atoms with Crippen molar-refractivity contribution in [1.29, 1.82) is 0 Å². The first-order valence-electron chi connectivity index (χ1n) is 5.65. The Morgan fingerprint density at radius 1 is 1.29 bits per heavy atom. The van der Waals surface area contributed by atoms with Crippen molar-refractivity contribution in [1.82, 2.24) is 0 Å². The van der Waals surface area contributed by atoms with E-state index in [1.807, 2.05) is 0 Å². The van der Waals surface area contributed by atoms with E-state index in [2.05, 4.69) is 66.0 Å². The molecule has 92 valence electrons. The van der Waals surface area contributed by atoms with Crippen LogP contribution in [0.1, 0.15) is 31.4 Å². The topological polar surface area (TPSA) is 21.6 Å². The predicted molar refractivity (Wildman–Crippen MR) is 77.4 cm³/mol. The Hall–Kier alpha value is -1.09. The van der Waals surface area contributed by atoms with E-state index >= 15 is 0 Å². The summed E-state index contributed by atoms with van der Waals surface area (Å²) in [7, 11) is 1.69. The quantitative estimate of drug-likeness (QED) is 0.456. The van der Waals surface area contributed by atoms with E-state index in [1.54, 1.807) is 7.05 Å². The summed E-state index contributed by atoms with van der Waals surface area (Å²) in [6, 6.07) is 8.30. The fourth-order valence-electron chi connectivity index (χ4n) is 1.39. The third kappa shape index (κ3) is 4.00. The Balaban J connectivity index is 3.12. The Labute approximate surface area is 112 Å². The molecule has 1 aromatic carbocycles. The first kappa shape index (κ1) is 14.0. The molecule has 0 fully saturated rings. The normalized spacial score (nSPS) is 13.4. The number of aryl methyl sites for hydroxylation is 1. The van der Waals surface area contributed by atoms with Gasteiger partial charge in [0.15, 0.2) is 0 Å². The average molecular weight is 296 g/mol. The molecule has 0 radical (unpaired) electrons. The molecule has 0 atom stereocenters. The summed E-state index contributed by atoms with van der Waals surface area (Å²) in [6.45, 7) is 6.26. The third-order valence-corrected chi connectivity index (χ3v) is 3.11. The van der Waals surface area contributed by atoms with Crippen molar-refractivity contribution in [3.05, 3.63) is 41.0 Å². The SMILES string of the molecule is CCC(C)=C(OC(Br)=NC)c1ccc(C)cc1. The van der Waals surface area contributed by atoms with E-state index in [1.165, 1.54) is 11.1 Å². The number of rotatable bonds is 3. The number of benzene rings is 1. The van der Waals surface area contributed by atoms with Crippen LogP contribution >= 0.6 is 15.9 Å². The minimum absolute atomic E-state index is 0.501. The lowest BCUT2D eigenvalue weighted by Crippen LogP contribution is -1.99. The van der Waals surface area contributed by atoms with Gasteiger partial charge in [-0.1, -0.05) is 36.8 Å². The molecule has 0 aromatic heterocycles. The molecule has 0 aliphatic heterocycles. The van der Waals surface area contributed by atoms with Crippen molar-refractivity contribution in [3.63, 3.8) is 0 Å². The van der Waals surface area contributed by atoms with Crippen LogP contribution in [0, 0.1) is 6.92 Å². The van der Waals surface area contributed by atoms with Crippen molar-refractivity contribution in [3.8, 4) is 0 Å².